The number of hydrogen-bond donors (Lipinski definition) is 2. The highest BCUT2D eigenvalue weighted by Gasteiger charge is 2.69. The van der Waals surface area contributed by atoms with Crippen molar-refractivity contribution in [2.45, 2.75) is 37.6 Å². The van der Waals surface area contributed by atoms with Crippen LogP contribution in [0.5, 0.6) is 0 Å². The molecule has 4 amide bonds. The Morgan fingerprint density at radius 1 is 1.07 bits per heavy atom. The molecule has 0 radical (unpaired) electrons. The fourth-order valence-electron chi connectivity index (χ4n) is 3.30. The summed E-state index contributed by atoms with van der Waals surface area (Å²) in [5, 5.41) is 3.40. The number of halogens is 3. The average molecular weight is 419 g/mol. The number of carbonyl (C=O) groups excluding carboxylic acids is 3. The van der Waals surface area contributed by atoms with E-state index in [0.29, 0.717) is 10.5 Å². The normalized spacial score (nSPS) is 20.1. The predicted octanol–water partition coefficient (Wildman–Crippen LogP) is 3.31. The quantitative estimate of drug-likeness (QED) is 0.706. The van der Waals surface area contributed by atoms with E-state index in [2.05, 4.69) is 0 Å². The second-order valence-corrected chi connectivity index (χ2v) is 6.97. The highest BCUT2D eigenvalue weighted by atomic mass is 19.4. The van der Waals surface area contributed by atoms with E-state index in [-0.39, 0.29) is 12.8 Å². The van der Waals surface area contributed by atoms with Gasteiger partial charge < -0.3 is 5.32 Å². The maximum absolute atomic E-state index is 13.9. The van der Waals surface area contributed by atoms with Crippen LogP contribution in [-0.4, -0.2) is 34.6 Å². The Morgan fingerprint density at radius 2 is 1.63 bits per heavy atom. The van der Waals surface area contributed by atoms with E-state index in [1.807, 2.05) is 0 Å². The molecule has 1 saturated heterocycles. The van der Waals surface area contributed by atoms with Gasteiger partial charge in [-0.2, -0.15) is 13.2 Å². The summed E-state index contributed by atoms with van der Waals surface area (Å²) in [7, 11) is 0. The third-order valence-corrected chi connectivity index (χ3v) is 4.96. The van der Waals surface area contributed by atoms with Crippen molar-refractivity contribution in [1.29, 1.82) is 0 Å². The number of nitrogens with one attached hydrogen (secondary N) is 2. The van der Waals surface area contributed by atoms with Crippen LogP contribution in [0.2, 0.25) is 0 Å². The molecular formula is C21H20F3N3O3. The van der Waals surface area contributed by atoms with Crippen molar-refractivity contribution in [1.82, 2.24) is 15.5 Å². The minimum absolute atomic E-state index is 0.187. The topological polar surface area (TPSA) is 78.5 Å². The van der Waals surface area contributed by atoms with Gasteiger partial charge in [-0.25, -0.2) is 4.79 Å². The van der Waals surface area contributed by atoms with E-state index >= 15 is 0 Å². The summed E-state index contributed by atoms with van der Waals surface area (Å²) in [4.78, 5) is 38.0. The van der Waals surface area contributed by atoms with Gasteiger partial charge >= 0.3 is 12.2 Å². The monoisotopic (exact) mass is 419 g/mol. The minimum Gasteiger partial charge on any atom is -0.318 e. The summed E-state index contributed by atoms with van der Waals surface area (Å²) in [6.07, 6.45) is -5.32. The summed E-state index contributed by atoms with van der Waals surface area (Å²) in [5.74, 6) is -2.57. The van der Waals surface area contributed by atoms with E-state index in [9.17, 15) is 27.6 Å². The summed E-state index contributed by atoms with van der Waals surface area (Å²) < 4.78 is 41.8. The molecule has 9 heteroatoms. The number of nitrogens with zero attached hydrogens (tertiary/aromatic N) is 1. The Labute approximate surface area is 171 Å². The molecule has 2 N–H and O–H groups in total. The van der Waals surface area contributed by atoms with Gasteiger partial charge in [0.15, 0.2) is 0 Å². The summed E-state index contributed by atoms with van der Waals surface area (Å²) in [6.45, 7) is 1.44. The zero-order valence-electron chi connectivity index (χ0n) is 16.1. The number of rotatable bonds is 6. The van der Waals surface area contributed by atoms with Gasteiger partial charge in [0.25, 0.3) is 11.6 Å². The Kier molecular flexibility index (Phi) is 5.82. The standard InChI is InChI=1S/C21H20F3N3O3/c1-14(16-10-6-3-7-11-16)27-18(29)20(21(22,23)24,26-19(27)30)25-17(28)13-12-15-8-4-2-5-9-15/h2-11,14H,12-13H2,1H3,(H,25,28)(H,26,30)/t14-,20+/m1/s1. The molecule has 2 aromatic carbocycles. The molecule has 30 heavy (non-hydrogen) atoms. The van der Waals surface area contributed by atoms with Crippen molar-refractivity contribution in [3.63, 3.8) is 0 Å². The van der Waals surface area contributed by atoms with E-state index in [1.165, 1.54) is 6.92 Å². The molecule has 1 heterocycles. The molecule has 0 bridgehead atoms. The maximum Gasteiger partial charge on any atom is 0.440 e. The van der Waals surface area contributed by atoms with Crippen LogP contribution in [0.3, 0.4) is 0 Å². The molecule has 3 rings (SSSR count). The number of imide groups is 1. The fraction of sp³-hybridized carbons (Fsp3) is 0.286. The van der Waals surface area contributed by atoms with Crippen molar-refractivity contribution in [3.05, 3.63) is 71.8 Å². The molecule has 2 atom stereocenters. The van der Waals surface area contributed by atoms with E-state index in [4.69, 9.17) is 0 Å². The van der Waals surface area contributed by atoms with Crippen LogP contribution in [0.15, 0.2) is 60.7 Å². The molecule has 1 aliphatic heterocycles. The molecule has 1 aliphatic rings. The SMILES string of the molecule is C[C@H](c1ccccc1)N1C(=O)N[C@](NC(=O)CCc2ccccc2)(C(F)(F)F)C1=O. The van der Waals surface area contributed by atoms with Gasteiger partial charge in [-0.1, -0.05) is 60.7 Å². The Balaban J connectivity index is 1.82. The smallest absolute Gasteiger partial charge is 0.318 e. The van der Waals surface area contributed by atoms with E-state index < -0.39 is 35.7 Å². The van der Waals surface area contributed by atoms with Gasteiger partial charge in [0, 0.05) is 6.42 Å². The lowest BCUT2D eigenvalue weighted by atomic mass is 10.0. The van der Waals surface area contributed by atoms with Gasteiger partial charge in [-0.05, 0) is 24.5 Å². The number of benzene rings is 2. The molecule has 158 valence electrons. The summed E-state index contributed by atoms with van der Waals surface area (Å²) >= 11 is 0. The Hall–Kier alpha value is -3.36. The van der Waals surface area contributed by atoms with Crippen LogP contribution < -0.4 is 10.6 Å². The molecule has 0 spiro atoms. The van der Waals surface area contributed by atoms with Gasteiger partial charge in [-0.3, -0.25) is 19.8 Å². The molecule has 0 saturated carbocycles. The van der Waals surface area contributed by atoms with Crippen molar-refractivity contribution in [2.75, 3.05) is 0 Å². The van der Waals surface area contributed by atoms with Crippen molar-refractivity contribution >= 4 is 17.8 Å². The predicted molar refractivity (Wildman–Crippen MR) is 102 cm³/mol. The van der Waals surface area contributed by atoms with Crippen LogP contribution in [-0.2, 0) is 16.0 Å². The zero-order chi connectivity index (χ0) is 21.9. The number of amides is 4. The lowest BCUT2D eigenvalue weighted by molar-refractivity contribution is -0.204. The van der Waals surface area contributed by atoms with Gasteiger partial charge in [0.2, 0.25) is 5.91 Å². The summed E-state index contributed by atoms with van der Waals surface area (Å²) in [5.41, 5.74) is -2.26. The molecule has 0 unspecified atom stereocenters. The first-order valence-corrected chi connectivity index (χ1v) is 9.28. The molecule has 2 aromatic rings. The lowest BCUT2D eigenvalue weighted by Crippen LogP contribution is -2.69. The van der Waals surface area contributed by atoms with Gasteiger partial charge in [0.1, 0.15) is 0 Å². The highest BCUT2D eigenvalue weighted by molar-refractivity contribution is 6.09. The van der Waals surface area contributed by atoms with E-state index in [0.717, 1.165) is 5.56 Å². The Morgan fingerprint density at radius 3 is 2.20 bits per heavy atom. The highest BCUT2D eigenvalue weighted by Crippen LogP contribution is 2.37. The van der Waals surface area contributed by atoms with Crippen LogP contribution in [0.4, 0.5) is 18.0 Å². The second kappa shape index (κ2) is 8.17. The number of urea groups is 1. The lowest BCUT2D eigenvalue weighted by Gasteiger charge is -2.30. The summed E-state index contributed by atoms with van der Waals surface area (Å²) in [6, 6.07) is 14.7. The van der Waals surface area contributed by atoms with Crippen LogP contribution in [0.1, 0.15) is 30.5 Å². The average Bonchev–Trinajstić information content (AvgIpc) is 2.97. The van der Waals surface area contributed by atoms with Crippen LogP contribution >= 0.6 is 0 Å². The zero-order valence-corrected chi connectivity index (χ0v) is 16.1. The Bertz CT molecular complexity index is 935. The molecular weight excluding hydrogens is 399 g/mol. The maximum atomic E-state index is 13.9. The van der Waals surface area contributed by atoms with Gasteiger partial charge in [0.05, 0.1) is 6.04 Å². The first-order chi connectivity index (χ1) is 14.2. The van der Waals surface area contributed by atoms with Crippen LogP contribution in [0, 0.1) is 0 Å². The second-order valence-electron chi connectivity index (χ2n) is 6.97. The van der Waals surface area contributed by atoms with E-state index in [1.54, 1.807) is 71.3 Å². The number of carbonyl (C=O) groups is 3. The fourth-order valence-corrected chi connectivity index (χ4v) is 3.30. The molecule has 1 fully saturated rings. The molecule has 0 aliphatic carbocycles. The van der Waals surface area contributed by atoms with Crippen molar-refractivity contribution in [2.24, 2.45) is 0 Å². The first kappa shape index (κ1) is 21.4. The molecule has 0 aromatic heterocycles. The largest absolute Gasteiger partial charge is 0.440 e. The number of alkyl halides is 3. The molecule has 6 nitrogen and oxygen atoms in total. The third-order valence-electron chi connectivity index (χ3n) is 4.96. The number of hydrogen-bond acceptors (Lipinski definition) is 3. The third kappa shape index (κ3) is 4.00. The minimum atomic E-state index is -5.23. The van der Waals surface area contributed by atoms with Crippen molar-refractivity contribution in [3.8, 4) is 0 Å². The first-order valence-electron chi connectivity index (χ1n) is 9.28. The van der Waals surface area contributed by atoms with Crippen molar-refractivity contribution < 1.29 is 27.6 Å². The van der Waals surface area contributed by atoms with Gasteiger partial charge in [-0.15, -0.1) is 0 Å². The van der Waals surface area contributed by atoms with Crippen LogP contribution in [0.25, 0.3) is 0 Å². The number of aryl methyl sites for hydroxylation is 1.